The molecule has 0 aliphatic carbocycles. The highest BCUT2D eigenvalue weighted by atomic mass is 35.5. The predicted molar refractivity (Wildman–Crippen MR) is 114 cm³/mol. The summed E-state index contributed by atoms with van der Waals surface area (Å²) in [5.41, 5.74) is 8.27. The molecule has 1 fully saturated rings. The maximum atomic E-state index is 13.1. The van der Waals surface area contributed by atoms with Gasteiger partial charge in [0.1, 0.15) is 11.7 Å². The molecular weight excluding hydrogens is 388 g/mol. The fourth-order valence-corrected chi connectivity index (χ4v) is 3.96. The van der Waals surface area contributed by atoms with E-state index in [0.717, 1.165) is 29.3 Å². The number of hydrogen-bond acceptors (Lipinski definition) is 3. The fraction of sp³-hybridized carbons (Fsp3) is 0.273. The van der Waals surface area contributed by atoms with Crippen molar-refractivity contribution >= 4 is 34.3 Å². The smallest absolute Gasteiger partial charge is 0.268 e. The first-order chi connectivity index (χ1) is 14.0. The van der Waals surface area contributed by atoms with Gasteiger partial charge in [-0.3, -0.25) is 9.59 Å². The molecule has 4 N–H and O–H groups in total. The lowest BCUT2D eigenvalue weighted by atomic mass is 10.0. The average Bonchev–Trinajstić information content (AvgIpc) is 3.33. The Hall–Kier alpha value is -2.83. The van der Waals surface area contributed by atoms with Gasteiger partial charge in [0.05, 0.1) is 6.17 Å². The van der Waals surface area contributed by atoms with Gasteiger partial charge in [0, 0.05) is 28.9 Å². The van der Waals surface area contributed by atoms with Gasteiger partial charge in [-0.1, -0.05) is 41.9 Å². The first-order valence-electron chi connectivity index (χ1n) is 9.70. The second-order valence-electron chi connectivity index (χ2n) is 7.37. The highest BCUT2D eigenvalue weighted by Crippen LogP contribution is 2.21. The number of fused-ring (bicyclic) bond motifs is 1. The number of H-pyrrole nitrogens is 1. The third-order valence-electron chi connectivity index (χ3n) is 5.30. The van der Waals surface area contributed by atoms with E-state index in [0.29, 0.717) is 23.7 Å². The molecule has 0 spiro atoms. The summed E-state index contributed by atoms with van der Waals surface area (Å²) in [6.45, 7) is 0.617. The molecule has 0 saturated carbocycles. The number of carbonyl (C=O) groups excluding carboxylic acids is 2. The Morgan fingerprint density at radius 2 is 2.00 bits per heavy atom. The summed E-state index contributed by atoms with van der Waals surface area (Å²) in [5.74, 6) is -0.481. The summed E-state index contributed by atoms with van der Waals surface area (Å²) in [7, 11) is 0. The predicted octanol–water partition coefficient (Wildman–Crippen LogP) is 3.07. The normalized spacial score (nSPS) is 17.4. The van der Waals surface area contributed by atoms with Crippen LogP contribution in [-0.2, 0) is 11.2 Å². The van der Waals surface area contributed by atoms with E-state index in [1.54, 1.807) is 23.1 Å². The van der Waals surface area contributed by atoms with Crippen molar-refractivity contribution in [3.05, 3.63) is 70.9 Å². The molecule has 150 valence electrons. The minimum atomic E-state index is -0.691. The van der Waals surface area contributed by atoms with E-state index in [1.165, 1.54) is 0 Å². The molecule has 1 aliphatic heterocycles. The molecule has 0 radical (unpaired) electrons. The molecule has 2 heterocycles. The van der Waals surface area contributed by atoms with Crippen LogP contribution in [0.3, 0.4) is 0 Å². The first-order valence-corrected chi connectivity index (χ1v) is 10.1. The number of likely N-dealkylation sites (tertiary alicyclic amines) is 1. The molecule has 0 bridgehead atoms. The molecule has 2 unspecified atom stereocenters. The van der Waals surface area contributed by atoms with Crippen LogP contribution in [0.15, 0.2) is 54.6 Å². The van der Waals surface area contributed by atoms with Gasteiger partial charge < -0.3 is 20.9 Å². The number of rotatable bonds is 5. The molecule has 2 atom stereocenters. The van der Waals surface area contributed by atoms with Gasteiger partial charge >= 0.3 is 0 Å². The van der Waals surface area contributed by atoms with Gasteiger partial charge in [-0.05, 0) is 42.7 Å². The summed E-state index contributed by atoms with van der Waals surface area (Å²) in [4.78, 5) is 30.8. The van der Waals surface area contributed by atoms with E-state index in [1.807, 2.05) is 36.4 Å². The topological polar surface area (TPSA) is 91.2 Å². The van der Waals surface area contributed by atoms with E-state index in [9.17, 15) is 9.59 Å². The highest BCUT2D eigenvalue weighted by Gasteiger charge is 2.32. The third-order valence-corrected chi connectivity index (χ3v) is 5.53. The number of aromatic amines is 1. The van der Waals surface area contributed by atoms with Crippen molar-refractivity contribution in [3.63, 3.8) is 0 Å². The maximum Gasteiger partial charge on any atom is 0.268 e. The van der Waals surface area contributed by atoms with Crippen LogP contribution in [0.5, 0.6) is 0 Å². The molecular formula is C22H23ClN4O2. The minimum absolute atomic E-state index is 0.147. The lowest BCUT2D eigenvalue weighted by molar-refractivity contribution is -0.134. The van der Waals surface area contributed by atoms with E-state index >= 15 is 0 Å². The molecule has 2 amide bonds. The van der Waals surface area contributed by atoms with Gasteiger partial charge in [0.25, 0.3) is 5.91 Å². The van der Waals surface area contributed by atoms with Crippen LogP contribution in [-0.4, -0.2) is 40.5 Å². The van der Waals surface area contributed by atoms with Crippen molar-refractivity contribution < 1.29 is 9.59 Å². The Balaban J connectivity index is 1.57. The van der Waals surface area contributed by atoms with Gasteiger partial charge in [-0.25, -0.2) is 0 Å². The lowest BCUT2D eigenvalue weighted by Crippen LogP contribution is -2.53. The zero-order valence-electron chi connectivity index (χ0n) is 15.9. The van der Waals surface area contributed by atoms with E-state index in [-0.39, 0.29) is 18.0 Å². The number of nitrogens with one attached hydrogen (secondary N) is 2. The Morgan fingerprint density at radius 1 is 1.21 bits per heavy atom. The molecule has 1 saturated heterocycles. The van der Waals surface area contributed by atoms with E-state index in [2.05, 4.69) is 10.3 Å². The monoisotopic (exact) mass is 410 g/mol. The quantitative estimate of drug-likeness (QED) is 0.603. The molecule has 29 heavy (non-hydrogen) atoms. The largest absolute Gasteiger partial charge is 0.351 e. The van der Waals surface area contributed by atoms with E-state index in [4.69, 9.17) is 17.3 Å². The number of hydrogen-bond donors (Lipinski definition) is 3. The number of aromatic nitrogens is 1. The van der Waals surface area contributed by atoms with Crippen molar-refractivity contribution in [3.8, 4) is 0 Å². The molecule has 3 aromatic rings. The van der Waals surface area contributed by atoms with Crippen LogP contribution in [0.4, 0.5) is 0 Å². The molecule has 1 aliphatic rings. The van der Waals surface area contributed by atoms with E-state index < -0.39 is 6.04 Å². The maximum absolute atomic E-state index is 13.1. The molecule has 6 nitrogen and oxygen atoms in total. The van der Waals surface area contributed by atoms with Crippen LogP contribution >= 0.6 is 11.6 Å². The highest BCUT2D eigenvalue weighted by molar-refractivity contribution is 6.31. The Morgan fingerprint density at radius 3 is 2.72 bits per heavy atom. The van der Waals surface area contributed by atoms with Crippen LogP contribution < -0.4 is 11.1 Å². The second kappa shape index (κ2) is 8.27. The van der Waals surface area contributed by atoms with Crippen molar-refractivity contribution in [1.82, 2.24) is 15.2 Å². The zero-order chi connectivity index (χ0) is 20.4. The third kappa shape index (κ3) is 4.28. The van der Waals surface area contributed by atoms with Crippen molar-refractivity contribution in [2.45, 2.75) is 31.5 Å². The first kappa shape index (κ1) is 19.5. The second-order valence-corrected chi connectivity index (χ2v) is 7.81. The van der Waals surface area contributed by atoms with Crippen molar-refractivity contribution in [2.75, 3.05) is 6.54 Å². The molecule has 2 aromatic carbocycles. The number of nitrogens with two attached hydrogens (primary N) is 1. The number of benzene rings is 2. The SMILES string of the molecule is NC1CCCN1C(=O)C(Cc1ccccc1)NC(=O)c1cc2cc(Cl)ccc2[nH]1. The summed E-state index contributed by atoms with van der Waals surface area (Å²) < 4.78 is 0. The number of nitrogens with zero attached hydrogens (tertiary/aromatic N) is 1. The average molecular weight is 411 g/mol. The Kier molecular flexibility index (Phi) is 5.56. The number of carbonyl (C=O) groups is 2. The zero-order valence-corrected chi connectivity index (χ0v) is 16.7. The van der Waals surface area contributed by atoms with Gasteiger partial charge in [0.15, 0.2) is 0 Å². The number of amides is 2. The van der Waals surface area contributed by atoms with Crippen LogP contribution in [0.25, 0.3) is 10.9 Å². The van der Waals surface area contributed by atoms with Crippen molar-refractivity contribution in [1.29, 1.82) is 0 Å². The Labute approximate surface area is 174 Å². The summed E-state index contributed by atoms with van der Waals surface area (Å²) in [5, 5.41) is 4.35. The van der Waals surface area contributed by atoms with Gasteiger partial charge in [0.2, 0.25) is 5.91 Å². The fourth-order valence-electron chi connectivity index (χ4n) is 3.78. The Bertz CT molecular complexity index is 1030. The van der Waals surface area contributed by atoms with Crippen LogP contribution in [0, 0.1) is 0 Å². The molecule has 7 heteroatoms. The van der Waals surface area contributed by atoms with Gasteiger partial charge in [-0.2, -0.15) is 0 Å². The van der Waals surface area contributed by atoms with Crippen molar-refractivity contribution in [2.24, 2.45) is 5.73 Å². The molecule has 1 aromatic heterocycles. The summed E-state index contributed by atoms with van der Waals surface area (Å²) >= 11 is 6.03. The van der Waals surface area contributed by atoms with Crippen LogP contribution in [0.1, 0.15) is 28.9 Å². The number of halogens is 1. The summed E-state index contributed by atoms with van der Waals surface area (Å²) in [6, 6.07) is 16.1. The van der Waals surface area contributed by atoms with Crippen LogP contribution in [0.2, 0.25) is 5.02 Å². The minimum Gasteiger partial charge on any atom is -0.351 e. The standard InChI is InChI=1S/C22H23ClN4O2/c23-16-8-9-17-15(12-16)13-18(25-17)21(28)26-19(11-14-5-2-1-3-6-14)22(29)27-10-4-7-20(27)24/h1-3,5-6,8-9,12-13,19-20,25H,4,7,10-11,24H2,(H,26,28). The lowest BCUT2D eigenvalue weighted by Gasteiger charge is -2.27. The molecule has 4 rings (SSSR count). The van der Waals surface area contributed by atoms with Gasteiger partial charge in [-0.15, -0.1) is 0 Å². The summed E-state index contributed by atoms with van der Waals surface area (Å²) in [6.07, 6.45) is 1.76.